The molecule has 2 rings (SSSR count). The van der Waals surface area contributed by atoms with Crippen LogP contribution in [-0.4, -0.2) is 13.7 Å². The lowest BCUT2D eigenvalue weighted by Crippen LogP contribution is -2.08. The van der Waals surface area contributed by atoms with Crippen molar-refractivity contribution < 1.29 is 12.8 Å². The van der Waals surface area contributed by atoms with Crippen molar-refractivity contribution in [1.29, 1.82) is 0 Å². The minimum Gasteiger partial charge on any atom is -0.223 e. The third kappa shape index (κ3) is 1.98. The first-order valence-corrected chi connectivity index (χ1v) is 7.01. The van der Waals surface area contributed by atoms with Crippen molar-refractivity contribution in [3.8, 4) is 0 Å². The van der Waals surface area contributed by atoms with Gasteiger partial charge in [0.15, 0.2) is 9.84 Å². The lowest BCUT2D eigenvalue weighted by atomic mass is 10.0. The fraction of sp³-hybridized carbons (Fsp3) is 0.500. The topological polar surface area (TPSA) is 34.1 Å². The third-order valence-electron chi connectivity index (χ3n) is 2.89. The molecular formula is C12H15FO2S. The Morgan fingerprint density at radius 3 is 2.38 bits per heavy atom. The summed E-state index contributed by atoms with van der Waals surface area (Å²) in [5.74, 6) is -0.352. The van der Waals surface area contributed by atoms with Gasteiger partial charge in [0.25, 0.3) is 0 Å². The maximum Gasteiger partial charge on any atom is 0.181 e. The van der Waals surface area contributed by atoms with Crippen LogP contribution in [0, 0.1) is 5.82 Å². The van der Waals surface area contributed by atoms with Crippen LogP contribution >= 0.6 is 0 Å². The van der Waals surface area contributed by atoms with Gasteiger partial charge in [0.2, 0.25) is 0 Å². The highest BCUT2D eigenvalue weighted by atomic mass is 32.2. The molecule has 0 aromatic heterocycles. The van der Waals surface area contributed by atoms with Gasteiger partial charge in [-0.05, 0) is 36.5 Å². The molecular weight excluding hydrogens is 227 g/mol. The quantitative estimate of drug-likeness (QED) is 0.816. The van der Waals surface area contributed by atoms with Crippen LogP contribution in [0.1, 0.15) is 38.2 Å². The Bertz CT molecular complexity index is 502. The molecule has 0 spiro atoms. The summed E-state index contributed by atoms with van der Waals surface area (Å²) in [5, 5.41) is -0.281. The van der Waals surface area contributed by atoms with Gasteiger partial charge in [-0.15, -0.1) is 0 Å². The van der Waals surface area contributed by atoms with Gasteiger partial charge < -0.3 is 0 Å². The molecule has 16 heavy (non-hydrogen) atoms. The average Bonchev–Trinajstić information content (AvgIpc) is 2.99. The van der Waals surface area contributed by atoms with E-state index in [0.717, 1.165) is 6.07 Å². The maximum absolute atomic E-state index is 13.7. The molecule has 0 amide bonds. The zero-order valence-electron chi connectivity index (χ0n) is 9.40. The van der Waals surface area contributed by atoms with Crippen LogP contribution in [0.25, 0.3) is 0 Å². The number of sulfone groups is 1. The van der Waals surface area contributed by atoms with Crippen LogP contribution in [0.15, 0.2) is 23.1 Å². The van der Waals surface area contributed by atoms with Crippen molar-refractivity contribution >= 4 is 9.84 Å². The van der Waals surface area contributed by atoms with Gasteiger partial charge >= 0.3 is 0 Å². The van der Waals surface area contributed by atoms with Crippen LogP contribution in [0.4, 0.5) is 4.39 Å². The summed E-state index contributed by atoms with van der Waals surface area (Å²) in [4.78, 5) is 0.122. The first-order valence-electron chi connectivity index (χ1n) is 5.46. The summed E-state index contributed by atoms with van der Waals surface area (Å²) in [6, 6.07) is 4.25. The minimum absolute atomic E-state index is 0.0673. The molecule has 0 radical (unpaired) electrons. The van der Waals surface area contributed by atoms with E-state index in [-0.39, 0.29) is 16.1 Å². The summed E-state index contributed by atoms with van der Waals surface area (Å²) >= 11 is 0. The van der Waals surface area contributed by atoms with Crippen LogP contribution in [0.5, 0.6) is 0 Å². The van der Waals surface area contributed by atoms with Crippen molar-refractivity contribution in [3.63, 3.8) is 0 Å². The Labute approximate surface area is 95.4 Å². The molecule has 1 aromatic carbocycles. The molecule has 1 fully saturated rings. The molecule has 0 unspecified atom stereocenters. The lowest BCUT2D eigenvalue weighted by Gasteiger charge is -2.09. The van der Waals surface area contributed by atoms with E-state index in [1.54, 1.807) is 6.07 Å². The van der Waals surface area contributed by atoms with Gasteiger partial charge in [-0.3, -0.25) is 0 Å². The second-order valence-electron chi connectivity index (χ2n) is 4.58. The van der Waals surface area contributed by atoms with Crippen LogP contribution in [0.3, 0.4) is 0 Å². The summed E-state index contributed by atoms with van der Waals surface area (Å²) in [6.07, 6.45) is 1.41. The number of hydrogen-bond acceptors (Lipinski definition) is 2. The standard InChI is InChI=1S/C12H15FO2S/c1-8(2)11-6-5-10(7-12(11)13)16(14,15)9-3-4-9/h5-9H,3-4H2,1-2H3. The smallest absolute Gasteiger partial charge is 0.181 e. The highest BCUT2D eigenvalue weighted by molar-refractivity contribution is 7.92. The largest absolute Gasteiger partial charge is 0.223 e. The highest BCUT2D eigenvalue weighted by Crippen LogP contribution is 2.34. The van der Waals surface area contributed by atoms with Crippen molar-refractivity contribution in [2.75, 3.05) is 0 Å². The Balaban J connectivity index is 2.41. The predicted octanol–water partition coefficient (Wildman–Crippen LogP) is 2.89. The van der Waals surface area contributed by atoms with E-state index in [4.69, 9.17) is 0 Å². The Kier molecular flexibility index (Phi) is 2.78. The molecule has 1 aliphatic rings. The Morgan fingerprint density at radius 1 is 1.31 bits per heavy atom. The second-order valence-corrected chi connectivity index (χ2v) is 6.81. The first kappa shape index (κ1) is 11.6. The zero-order valence-corrected chi connectivity index (χ0v) is 10.2. The molecule has 2 nitrogen and oxygen atoms in total. The van der Waals surface area contributed by atoms with E-state index < -0.39 is 15.7 Å². The lowest BCUT2D eigenvalue weighted by molar-refractivity contribution is 0.581. The molecule has 1 saturated carbocycles. The predicted molar refractivity (Wildman–Crippen MR) is 60.7 cm³/mol. The molecule has 0 N–H and O–H groups in total. The summed E-state index contributed by atoms with van der Waals surface area (Å²) < 4.78 is 37.4. The van der Waals surface area contributed by atoms with Gasteiger partial charge in [0, 0.05) is 0 Å². The van der Waals surface area contributed by atoms with E-state index in [9.17, 15) is 12.8 Å². The highest BCUT2D eigenvalue weighted by Gasteiger charge is 2.37. The normalized spacial score (nSPS) is 16.8. The number of hydrogen-bond donors (Lipinski definition) is 0. The van der Waals surface area contributed by atoms with E-state index in [1.165, 1.54) is 6.07 Å². The maximum atomic E-state index is 13.7. The average molecular weight is 242 g/mol. The molecule has 1 aliphatic carbocycles. The molecule has 4 heteroatoms. The van der Waals surface area contributed by atoms with Crippen LogP contribution in [0.2, 0.25) is 0 Å². The number of halogens is 1. The Morgan fingerprint density at radius 2 is 1.94 bits per heavy atom. The van der Waals surface area contributed by atoms with Crippen molar-refractivity contribution in [2.24, 2.45) is 0 Å². The third-order valence-corrected chi connectivity index (χ3v) is 5.15. The fourth-order valence-electron chi connectivity index (χ4n) is 1.72. The Hall–Kier alpha value is -0.900. The van der Waals surface area contributed by atoms with Crippen LogP contribution < -0.4 is 0 Å². The van der Waals surface area contributed by atoms with Crippen molar-refractivity contribution in [1.82, 2.24) is 0 Å². The molecule has 88 valence electrons. The first-order chi connectivity index (χ1) is 7.43. The zero-order chi connectivity index (χ0) is 11.9. The molecule has 1 aromatic rings. The van der Waals surface area contributed by atoms with Crippen molar-refractivity contribution in [2.45, 2.75) is 42.8 Å². The van der Waals surface area contributed by atoms with Gasteiger partial charge in [-0.25, -0.2) is 12.8 Å². The SMILES string of the molecule is CC(C)c1ccc(S(=O)(=O)C2CC2)cc1F. The summed E-state index contributed by atoms with van der Waals surface area (Å²) in [7, 11) is -3.27. The molecule has 0 bridgehead atoms. The van der Waals surface area contributed by atoms with E-state index in [0.29, 0.717) is 18.4 Å². The van der Waals surface area contributed by atoms with Crippen molar-refractivity contribution in [3.05, 3.63) is 29.6 Å². The molecule has 0 atom stereocenters. The summed E-state index contributed by atoms with van der Waals surface area (Å²) in [6.45, 7) is 3.76. The summed E-state index contributed by atoms with van der Waals surface area (Å²) in [5.41, 5.74) is 0.565. The molecule has 0 heterocycles. The second kappa shape index (κ2) is 3.84. The van der Waals surface area contributed by atoms with Crippen LogP contribution in [-0.2, 0) is 9.84 Å². The fourth-order valence-corrected chi connectivity index (χ4v) is 3.39. The number of rotatable bonds is 3. The van der Waals surface area contributed by atoms with E-state index >= 15 is 0 Å². The monoisotopic (exact) mass is 242 g/mol. The van der Waals surface area contributed by atoms with Gasteiger partial charge in [0.05, 0.1) is 10.1 Å². The molecule has 0 aliphatic heterocycles. The van der Waals surface area contributed by atoms with E-state index in [1.807, 2.05) is 13.8 Å². The van der Waals surface area contributed by atoms with E-state index in [2.05, 4.69) is 0 Å². The molecule has 0 saturated heterocycles. The minimum atomic E-state index is -3.27. The van der Waals surface area contributed by atoms with Gasteiger partial charge in [-0.1, -0.05) is 19.9 Å². The number of benzene rings is 1. The van der Waals surface area contributed by atoms with Gasteiger partial charge in [0.1, 0.15) is 5.82 Å². The van der Waals surface area contributed by atoms with Gasteiger partial charge in [-0.2, -0.15) is 0 Å².